The molecule has 4 rings (SSSR count). The van der Waals surface area contributed by atoms with Crippen molar-refractivity contribution in [2.24, 2.45) is 5.73 Å². The Labute approximate surface area is 175 Å². The van der Waals surface area contributed by atoms with E-state index in [0.29, 0.717) is 16.9 Å². The van der Waals surface area contributed by atoms with Crippen LogP contribution in [0.2, 0.25) is 0 Å². The minimum atomic E-state index is -0.461. The molecule has 30 heavy (non-hydrogen) atoms. The Hall–Kier alpha value is -3.22. The number of hydrogen-bond donors (Lipinski definition) is 1. The van der Waals surface area contributed by atoms with Gasteiger partial charge >= 0.3 is 0 Å². The van der Waals surface area contributed by atoms with Crippen LogP contribution in [-0.2, 0) is 6.42 Å². The summed E-state index contributed by atoms with van der Waals surface area (Å²) >= 11 is 0. The van der Waals surface area contributed by atoms with E-state index in [9.17, 15) is 9.59 Å². The van der Waals surface area contributed by atoms with E-state index in [1.165, 1.54) is 6.42 Å². The average molecular weight is 406 g/mol. The summed E-state index contributed by atoms with van der Waals surface area (Å²) in [5.74, 6) is -0.465. The number of fused-ring (bicyclic) bond motifs is 1. The number of rotatable bonds is 4. The molecular weight excluding hydrogens is 378 g/mol. The molecule has 1 aliphatic heterocycles. The molecule has 1 saturated heterocycles. The van der Waals surface area contributed by atoms with E-state index in [4.69, 9.17) is 5.73 Å². The topological polar surface area (TPSA) is 93.6 Å². The number of likely N-dealkylation sites (tertiary alicyclic amines) is 1. The van der Waals surface area contributed by atoms with Gasteiger partial charge < -0.3 is 10.6 Å². The molecule has 2 N–H and O–H groups in total. The van der Waals surface area contributed by atoms with Crippen molar-refractivity contribution < 1.29 is 9.59 Å². The lowest BCUT2D eigenvalue weighted by Crippen LogP contribution is -2.38. The van der Waals surface area contributed by atoms with Crippen molar-refractivity contribution in [1.82, 2.24) is 19.5 Å². The van der Waals surface area contributed by atoms with Crippen LogP contribution < -0.4 is 5.73 Å². The first-order chi connectivity index (χ1) is 14.5. The minimum absolute atomic E-state index is 0.00448. The highest BCUT2D eigenvalue weighted by Gasteiger charge is 2.25. The first-order valence-corrected chi connectivity index (χ1v) is 10.6. The van der Waals surface area contributed by atoms with E-state index in [2.05, 4.69) is 17.0 Å². The Kier molecular flexibility index (Phi) is 5.53. The van der Waals surface area contributed by atoms with Crippen LogP contribution in [0, 0.1) is 0 Å². The van der Waals surface area contributed by atoms with Gasteiger partial charge in [-0.05, 0) is 44.4 Å². The zero-order valence-corrected chi connectivity index (χ0v) is 17.5. The summed E-state index contributed by atoms with van der Waals surface area (Å²) in [6.07, 6.45) is 5.14. The van der Waals surface area contributed by atoms with Gasteiger partial charge in [-0.15, -0.1) is 0 Å². The third kappa shape index (κ3) is 3.79. The fourth-order valence-electron chi connectivity index (χ4n) is 4.07. The Bertz CT molecular complexity index is 1090. The number of aryl methyl sites for hydroxylation is 1. The summed E-state index contributed by atoms with van der Waals surface area (Å²) in [5.41, 5.74) is 9.43. The van der Waals surface area contributed by atoms with Gasteiger partial charge in [0.15, 0.2) is 5.65 Å². The van der Waals surface area contributed by atoms with Gasteiger partial charge in [-0.2, -0.15) is 5.10 Å². The molecule has 2 amide bonds. The third-order valence-corrected chi connectivity index (χ3v) is 5.86. The van der Waals surface area contributed by atoms with Crippen LogP contribution in [0.5, 0.6) is 0 Å². The number of hydrogen-bond acceptors (Lipinski definition) is 4. The van der Waals surface area contributed by atoms with Crippen molar-refractivity contribution in [3.05, 3.63) is 53.3 Å². The van der Waals surface area contributed by atoms with Gasteiger partial charge in [-0.25, -0.2) is 9.50 Å². The van der Waals surface area contributed by atoms with Crippen molar-refractivity contribution in [1.29, 1.82) is 0 Å². The standard InChI is InChI=1S/C23H27N5O2/c1-3-18-13-20(23(30)27-12-6-4-5-7-15(27)2)25-21-14-19(26-28(18)21)16-8-10-17(11-9-16)22(24)29/h8-11,13-15H,3-7,12H2,1-2H3,(H2,24,29)/t15-/m1/s1. The fraction of sp³-hybridized carbons (Fsp3) is 0.391. The highest BCUT2D eigenvalue weighted by molar-refractivity contribution is 5.94. The molecule has 0 aliphatic carbocycles. The average Bonchev–Trinajstić information content (AvgIpc) is 3.07. The summed E-state index contributed by atoms with van der Waals surface area (Å²) in [6, 6.07) is 11.0. The lowest BCUT2D eigenvalue weighted by Gasteiger charge is -2.27. The maximum absolute atomic E-state index is 13.2. The molecule has 1 atom stereocenters. The number of amides is 2. The highest BCUT2D eigenvalue weighted by atomic mass is 16.2. The Morgan fingerprint density at radius 3 is 2.60 bits per heavy atom. The lowest BCUT2D eigenvalue weighted by atomic mass is 10.1. The van der Waals surface area contributed by atoms with Crippen LogP contribution in [0.4, 0.5) is 0 Å². The summed E-state index contributed by atoms with van der Waals surface area (Å²) in [4.78, 5) is 31.2. The minimum Gasteiger partial charge on any atom is -0.366 e. The van der Waals surface area contributed by atoms with Gasteiger partial charge in [0.1, 0.15) is 5.69 Å². The van der Waals surface area contributed by atoms with Crippen LogP contribution in [0.1, 0.15) is 66.1 Å². The van der Waals surface area contributed by atoms with Crippen LogP contribution >= 0.6 is 0 Å². The molecule has 156 valence electrons. The van der Waals surface area contributed by atoms with Crippen LogP contribution in [0.25, 0.3) is 16.9 Å². The van der Waals surface area contributed by atoms with Gasteiger partial charge in [-0.3, -0.25) is 9.59 Å². The SMILES string of the molecule is CCc1cc(C(=O)N2CCCCC[C@H]2C)nc2cc(-c3ccc(C(N)=O)cc3)nn12. The van der Waals surface area contributed by atoms with Gasteiger partial charge in [0.05, 0.1) is 5.69 Å². The molecule has 0 radical (unpaired) electrons. The van der Waals surface area contributed by atoms with E-state index < -0.39 is 5.91 Å². The summed E-state index contributed by atoms with van der Waals surface area (Å²) in [5, 5.41) is 4.68. The van der Waals surface area contributed by atoms with E-state index in [1.807, 2.05) is 36.1 Å². The fourth-order valence-corrected chi connectivity index (χ4v) is 4.07. The molecule has 0 saturated carbocycles. The molecule has 7 heteroatoms. The number of carbonyl (C=O) groups excluding carboxylic acids is 2. The third-order valence-electron chi connectivity index (χ3n) is 5.86. The van der Waals surface area contributed by atoms with Crippen LogP contribution in [-0.4, -0.2) is 43.9 Å². The number of nitrogens with zero attached hydrogens (tertiary/aromatic N) is 4. The maximum Gasteiger partial charge on any atom is 0.272 e. The lowest BCUT2D eigenvalue weighted by molar-refractivity contribution is 0.0691. The Morgan fingerprint density at radius 2 is 1.90 bits per heavy atom. The smallest absolute Gasteiger partial charge is 0.272 e. The zero-order valence-electron chi connectivity index (χ0n) is 17.5. The van der Waals surface area contributed by atoms with E-state index in [-0.39, 0.29) is 11.9 Å². The van der Waals surface area contributed by atoms with Crippen molar-refractivity contribution >= 4 is 17.5 Å². The second-order valence-electron chi connectivity index (χ2n) is 7.92. The Morgan fingerprint density at radius 1 is 1.13 bits per heavy atom. The molecular formula is C23H27N5O2. The second-order valence-corrected chi connectivity index (χ2v) is 7.92. The normalized spacial score (nSPS) is 17.1. The van der Waals surface area contributed by atoms with Crippen molar-refractivity contribution in [2.75, 3.05) is 6.54 Å². The highest BCUT2D eigenvalue weighted by Crippen LogP contribution is 2.23. The van der Waals surface area contributed by atoms with Gasteiger partial charge in [0.25, 0.3) is 5.91 Å². The molecule has 0 unspecified atom stereocenters. The van der Waals surface area contributed by atoms with Gasteiger partial charge in [-0.1, -0.05) is 31.9 Å². The van der Waals surface area contributed by atoms with Gasteiger partial charge in [0.2, 0.25) is 5.91 Å². The molecule has 0 bridgehead atoms. The summed E-state index contributed by atoms with van der Waals surface area (Å²) < 4.78 is 1.79. The number of aromatic nitrogens is 3. The first-order valence-electron chi connectivity index (χ1n) is 10.6. The maximum atomic E-state index is 13.2. The van der Waals surface area contributed by atoms with Crippen molar-refractivity contribution in [3.63, 3.8) is 0 Å². The molecule has 1 aliphatic rings. The van der Waals surface area contributed by atoms with Crippen LogP contribution in [0.3, 0.4) is 0 Å². The molecule has 1 aromatic carbocycles. The monoisotopic (exact) mass is 405 g/mol. The van der Waals surface area contributed by atoms with Crippen molar-refractivity contribution in [2.45, 2.75) is 52.0 Å². The largest absolute Gasteiger partial charge is 0.366 e. The number of carbonyl (C=O) groups is 2. The Balaban J connectivity index is 1.71. The summed E-state index contributed by atoms with van der Waals surface area (Å²) in [6.45, 7) is 4.95. The molecule has 2 aromatic heterocycles. The number of benzene rings is 1. The number of nitrogens with two attached hydrogens (primary N) is 1. The second kappa shape index (κ2) is 8.26. The van der Waals surface area contributed by atoms with Crippen molar-refractivity contribution in [3.8, 4) is 11.3 Å². The van der Waals surface area contributed by atoms with Gasteiger partial charge in [0, 0.05) is 35.5 Å². The van der Waals surface area contributed by atoms with Crippen LogP contribution in [0.15, 0.2) is 36.4 Å². The summed E-state index contributed by atoms with van der Waals surface area (Å²) in [7, 11) is 0. The molecule has 3 aromatic rings. The predicted molar refractivity (Wildman–Crippen MR) is 115 cm³/mol. The van der Waals surface area contributed by atoms with E-state index in [1.54, 1.807) is 16.6 Å². The first kappa shape index (κ1) is 20.1. The van der Waals surface area contributed by atoms with E-state index in [0.717, 1.165) is 49.2 Å². The van der Waals surface area contributed by atoms with E-state index >= 15 is 0 Å². The predicted octanol–water partition coefficient (Wildman–Crippen LogP) is 3.46. The molecule has 1 fully saturated rings. The zero-order chi connectivity index (χ0) is 21.3. The molecule has 0 spiro atoms. The number of primary amides is 1. The molecule has 7 nitrogen and oxygen atoms in total. The molecule has 3 heterocycles. The quantitative estimate of drug-likeness (QED) is 0.719.